The lowest BCUT2D eigenvalue weighted by atomic mass is 10.1. The molecule has 3 aromatic rings. The molecule has 2 heterocycles. The third kappa shape index (κ3) is 3.35. The van der Waals surface area contributed by atoms with Gasteiger partial charge in [0.05, 0.1) is 11.1 Å². The third-order valence-corrected chi connectivity index (χ3v) is 4.43. The first-order valence-electron chi connectivity index (χ1n) is 8.67. The standard InChI is InChI=1S/C18H19N5O3/c1-11-13-4-2-3-5-14(13)18(25)23(21-11)10-15(24)19-9-8-16-20-17(22-26-16)12-6-7-12/h2-5,12H,6-10H2,1H3,(H,19,24). The molecule has 134 valence electrons. The quantitative estimate of drug-likeness (QED) is 0.717. The van der Waals surface area contributed by atoms with Crippen LogP contribution >= 0.6 is 0 Å². The lowest BCUT2D eigenvalue weighted by molar-refractivity contribution is -0.121. The van der Waals surface area contributed by atoms with E-state index >= 15 is 0 Å². The van der Waals surface area contributed by atoms with Gasteiger partial charge < -0.3 is 9.84 Å². The molecule has 0 atom stereocenters. The van der Waals surface area contributed by atoms with Gasteiger partial charge in [-0.05, 0) is 25.8 Å². The molecular weight excluding hydrogens is 334 g/mol. The number of benzene rings is 1. The highest BCUT2D eigenvalue weighted by atomic mass is 16.5. The summed E-state index contributed by atoms with van der Waals surface area (Å²) in [5, 5.41) is 12.3. The van der Waals surface area contributed by atoms with Crippen LogP contribution in [-0.4, -0.2) is 32.4 Å². The zero-order valence-corrected chi connectivity index (χ0v) is 14.4. The van der Waals surface area contributed by atoms with Gasteiger partial charge in [0.15, 0.2) is 5.82 Å². The van der Waals surface area contributed by atoms with Gasteiger partial charge in [-0.1, -0.05) is 23.4 Å². The molecule has 1 aromatic carbocycles. The Kier molecular flexibility index (Phi) is 4.24. The third-order valence-electron chi connectivity index (χ3n) is 4.43. The van der Waals surface area contributed by atoms with Crippen LogP contribution in [0.2, 0.25) is 0 Å². The molecule has 0 saturated heterocycles. The Bertz CT molecular complexity index is 1020. The number of carbonyl (C=O) groups is 1. The fraction of sp³-hybridized carbons (Fsp3) is 0.389. The number of hydrogen-bond acceptors (Lipinski definition) is 6. The zero-order valence-electron chi connectivity index (χ0n) is 14.4. The van der Waals surface area contributed by atoms with Crippen molar-refractivity contribution in [3.8, 4) is 0 Å². The molecule has 8 heteroatoms. The summed E-state index contributed by atoms with van der Waals surface area (Å²) in [5.41, 5.74) is 0.443. The topological polar surface area (TPSA) is 103 Å². The Morgan fingerprint density at radius 3 is 2.85 bits per heavy atom. The summed E-state index contributed by atoms with van der Waals surface area (Å²) < 4.78 is 6.37. The minimum Gasteiger partial charge on any atom is -0.354 e. The second-order valence-electron chi connectivity index (χ2n) is 6.51. The first kappa shape index (κ1) is 16.4. The highest BCUT2D eigenvalue weighted by Gasteiger charge is 2.28. The van der Waals surface area contributed by atoms with Crippen LogP contribution < -0.4 is 10.9 Å². The van der Waals surface area contributed by atoms with Crippen molar-refractivity contribution in [2.75, 3.05) is 6.54 Å². The fourth-order valence-corrected chi connectivity index (χ4v) is 2.89. The minimum atomic E-state index is -0.281. The number of amides is 1. The average molecular weight is 353 g/mol. The number of rotatable bonds is 6. The van der Waals surface area contributed by atoms with E-state index in [2.05, 4.69) is 20.6 Å². The fourth-order valence-electron chi connectivity index (χ4n) is 2.89. The molecule has 0 spiro atoms. The Morgan fingerprint density at radius 2 is 2.08 bits per heavy atom. The molecule has 1 amide bonds. The summed E-state index contributed by atoms with van der Waals surface area (Å²) >= 11 is 0. The first-order chi connectivity index (χ1) is 12.6. The molecule has 1 aliphatic carbocycles. The number of carbonyl (C=O) groups excluding carboxylic acids is 1. The van der Waals surface area contributed by atoms with Gasteiger partial charge in [-0.2, -0.15) is 10.1 Å². The molecule has 1 N–H and O–H groups in total. The van der Waals surface area contributed by atoms with Crippen LogP contribution in [-0.2, 0) is 17.8 Å². The Balaban J connectivity index is 1.37. The first-order valence-corrected chi connectivity index (χ1v) is 8.67. The molecule has 2 aromatic heterocycles. The van der Waals surface area contributed by atoms with E-state index in [4.69, 9.17) is 4.52 Å². The highest BCUT2D eigenvalue weighted by Crippen LogP contribution is 2.38. The van der Waals surface area contributed by atoms with E-state index in [9.17, 15) is 9.59 Å². The van der Waals surface area contributed by atoms with Crippen molar-refractivity contribution in [3.05, 3.63) is 52.0 Å². The van der Waals surface area contributed by atoms with Gasteiger partial charge in [0, 0.05) is 24.3 Å². The summed E-state index contributed by atoms with van der Waals surface area (Å²) in [6.07, 6.45) is 2.69. The van der Waals surface area contributed by atoms with Crippen LogP contribution in [0.5, 0.6) is 0 Å². The number of aryl methyl sites for hydroxylation is 1. The van der Waals surface area contributed by atoms with Crippen LogP contribution in [0.1, 0.15) is 36.2 Å². The summed E-state index contributed by atoms with van der Waals surface area (Å²) in [4.78, 5) is 28.9. The molecule has 0 bridgehead atoms. The zero-order chi connectivity index (χ0) is 18.1. The molecule has 0 unspecified atom stereocenters. The monoisotopic (exact) mass is 353 g/mol. The SMILES string of the molecule is Cc1nn(CC(=O)NCCc2nc(C3CC3)no2)c(=O)c2ccccc12. The number of aromatic nitrogens is 4. The van der Waals surface area contributed by atoms with Crippen molar-refractivity contribution in [1.82, 2.24) is 25.2 Å². The number of hydrogen-bond donors (Lipinski definition) is 1. The van der Waals surface area contributed by atoms with Gasteiger partial charge in [-0.25, -0.2) is 4.68 Å². The normalized spacial score (nSPS) is 13.9. The van der Waals surface area contributed by atoms with Gasteiger partial charge in [0.25, 0.3) is 5.56 Å². The number of nitrogens with zero attached hydrogens (tertiary/aromatic N) is 4. The number of fused-ring (bicyclic) bond motifs is 1. The van der Waals surface area contributed by atoms with Gasteiger partial charge in [0.1, 0.15) is 6.54 Å². The van der Waals surface area contributed by atoms with Crippen molar-refractivity contribution >= 4 is 16.7 Å². The lowest BCUT2D eigenvalue weighted by Gasteiger charge is -2.08. The smallest absolute Gasteiger partial charge is 0.275 e. The van der Waals surface area contributed by atoms with Crippen molar-refractivity contribution in [2.45, 2.75) is 38.6 Å². The van der Waals surface area contributed by atoms with E-state index in [1.165, 1.54) is 4.68 Å². The molecule has 1 fully saturated rings. The van der Waals surface area contributed by atoms with Gasteiger partial charge >= 0.3 is 0 Å². The summed E-state index contributed by atoms with van der Waals surface area (Å²) in [6, 6.07) is 7.26. The van der Waals surface area contributed by atoms with Gasteiger partial charge in [-0.3, -0.25) is 9.59 Å². The van der Waals surface area contributed by atoms with E-state index in [1.807, 2.05) is 19.1 Å². The summed E-state index contributed by atoms with van der Waals surface area (Å²) in [7, 11) is 0. The van der Waals surface area contributed by atoms with Gasteiger partial charge in [-0.15, -0.1) is 0 Å². The molecule has 1 aliphatic rings. The Morgan fingerprint density at radius 1 is 1.31 bits per heavy atom. The molecule has 0 radical (unpaired) electrons. The van der Waals surface area contributed by atoms with Crippen LogP contribution in [0.4, 0.5) is 0 Å². The molecule has 4 rings (SSSR count). The van der Waals surface area contributed by atoms with Crippen molar-refractivity contribution < 1.29 is 9.32 Å². The van der Waals surface area contributed by atoms with E-state index in [1.54, 1.807) is 12.1 Å². The predicted octanol–water partition coefficient (Wildman–Crippen LogP) is 1.32. The highest BCUT2D eigenvalue weighted by molar-refractivity contribution is 5.83. The second kappa shape index (κ2) is 6.70. The minimum absolute atomic E-state index is 0.123. The maximum Gasteiger partial charge on any atom is 0.275 e. The predicted molar refractivity (Wildman–Crippen MR) is 93.7 cm³/mol. The van der Waals surface area contributed by atoms with Crippen molar-refractivity contribution in [1.29, 1.82) is 0 Å². The van der Waals surface area contributed by atoms with Crippen LogP contribution in [0, 0.1) is 6.92 Å². The molecule has 8 nitrogen and oxygen atoms in total. The Labute approximate surface area is 149 Å². The lowest BCUT2D eigenvalue weighted by Crippen LogP contribution is -2.35. The van der Waals surface area contributed by atoms with Crippen LogP contribution in [0.3, 0.4) is 0 Å². The van der Waals surface area contributed by atoms with Crippen molar-refractivity contribution in [2.24, 2.45) is 0 Å². The Hall–Kier alpha value is -3.03. The molecule has 26 heavy (non-hydrogen) atoms. The number of nitrogens with one attached hydrogen (secondary N) is 1. The maximum absolute atomic E-state index is 12.5. The molecule has 1 saturated carbocycles. The van der Waals surface area contributed by atoms with E-state index in [-0.39, 0.29) is 18.0 Å². The van der Waals surface area contributed by atoms with E-state index in [0.29, 0.717) is 35.9 Å². The summed E-state index contributed by atoms with van der Waals surface area (Å²) in [5.74, 6) is 1.44. The maximum atomic E-state index is 12.5. The van der Waals surface area contributed by atoms with E-state index in [0.717, 1.165) is 24.1 Å². The van der Waals surface area contributed by atoms with Crippen molar-refractivity contribution in [3.63, 3.8) is 0 Å². The summed E-state index contributed by atoms with van der Waals surface area (Å²) in [6.45, 7) is 2.07. The van der Waals surface area contributed by atoms with Gasteiger partial charge in [0.2, 0.25) is 11.8 Å². The van der Waals surface area contributed by atoms with Crippen LogP contribution in [0.15, 0.2) is 33.6 Å². The molecule has 0 aliphatic heterocycles. The largest absolute Gasteiger partial charge is 0.354 e. The van der Waals surface area contributed by atoms with Crippen LogP contribution in [0.25, 0.3) is 10.8 Å². The molecular formula is C18H19N5O3. The average Bonchev–Trinajstić information content (AvgIpc) is 3.39. The second-order valence-corrected chi connectivity index (χ2v) is 6.51. The van der Waals surface area contributed by atoms with E-state index < -0.39 is 0 Å².